The van der Waals surface area contributed by atoms with Crippen LogP contribution < -0.4 is 14.9 Å². The smallest absolute Gasteiger partial charge is 0.271 e. The van der Waals surface area contributed by atoms with Crippen molar-refractivity contribution in [2.45, 2.75) is 26.7 Å². The predicted octanol–water partition coefficient (Wildman–Crippen LogP) is 4.68. The number of hydrogen-bond acceptors (Lipinski definition) is 4. The molecule has 0 atom stereocenters. The highest BCUT2D eigenvalue weighted by atomic mass is 35.5. The second kappa shape index (κ2) is 10.5. The Bertz CT molecular complexity index is 745. The van der Waals surface area contributed by atoms with E-state index in [0.29, 0.717) is 35.1 Å². The van der Waals surface area contributed by atoms with E-state index in [9.17, 15) is 4.79 Å². The van der Waals surface area contributed by atoms with Crippen LogP contribution in [0.3, 0.4) is 0 Å². The van der Waals surface area contributed by atoms with Gasteiger partial charge in [-0.3, -0.25) is 4.79 Å². The molecule has 0 radical (unpaired) electrons. The molecule has 0 heterocycles. The van der Waals surface area contributed by atoms with Crippen LogP contribution in [-0.2, 0) is 0 Å². The first kappa shape index (κ1) is 19.8. The highest BCUT2D eigenvalue weighted by Gasteiger charge is 2.06. The van der Waals surface area contributed by atoms with Crippen LogP contribution in [0.2, 0.25) is 5.02 Å². The van der Waals surface area contributed by atoms with Gasteiger partial charge in [-0.2, -0.15) is 5.10 Å². The zero-order valence-electron chi connectivity index (χ0n) is 15.0. The molecule has 0 bridgehead atoms. The van der Waals surface area contributed by atoms with Crippen LogP contribution in [0.5, 0.6) is 11.5 Å². The first-order valence-corrected chi connectivity index (χ1v) is 9.00. The van der Waals surface area contributed by atoms with Crippen molar-refractivity contribution in [2.75, 3.05) is 13.2 Å². The third-order valence-corrected chi connectivity index (χ3v) is 3.63. The number of carbonyl (C=O) groups is 1. The number of ether oxygens (including phenoxy) is 2. The molecule has 0 aliphatic rings. The second-order valence-electron chi connectivity index (χ2n) is 5.60. The number of hydrogen-bond donors (Lipinski definition) is 1. The number of hydrazone groups is 1. The van der Waals surface area contributed by atoms with E-state index in [4.69, 9.17) is 21.1 Å². The summed E-state index contributed by atoms with van der Waals surface area (Å²) in [6, 6.07) is 12.2. The first-order valence-electron chi connectivity index (χ1n) is 8.62. The van der Waals surface area contributed by atoms with Gasteiger partial charge in [-0.25, -0.2) is 5.43 Å². The molecule has 5 nitrogen and oxygen atoms in total. The molecule has 0 fully saturated rings. The Hall–Kier alpha value is -2.53. The molecule has 6 heteroatoms. The summed E-state index contributed by atoms with van der Waals surface area (Å²) >= 11 is 6.02. The SMILES string of the molecule is CCCOc1ccc(C(=O)N/N=C\c2cc(Cl)ccc2OCCC)cc1. The van der Waals surface area contributed by atoms with Crippen LogP contribution in [0, 0.1) is 0 Å². The van der Waals surface area contributed by atoms with E-state index in [1.807, 2.05) is 13.8 Å². The Morgan fingerprint density at radius 3 is 2.46 bits per heavy atom. The Labute approximate surface area is 159 Å². The minimum Gasteiger partial charge on any atom is -0.494 e. The van der Waals surface area contributed by atoms with Crippen LogP contribution >= 0.6 is 11.6 Å². The maximum absolute atomic E-state index is 12.2. The van der Waals surface area contributed by atoms with Crippen molar-refractivity contribution in [3.8, 4) is 11.5 Å². The lowest BCUT2D eigenvalue weighted by Gasteiger charge is -2.08. The van der Waals surface area contributed by atoms with Crippen molar-refractivity contribution in [3.05, 3.63) is 58.6 Å². The van der Waals surface area contributed by atoms with Crippen molar-refractivity contribution in [3.63, 3.8) is 0 Å². The van der Waals surface area contributed by atoms with Gasteiger partial charge in [-0.1, -0.05) is 25.4 Å². The molecule has 2 aromatic carbocycles. The molecule has 0 saturated heterocycles. The highest BCUT2D eigenvalue weighted by molar-refractivity contribution is 6.30. The molecule has 0 unspecified atom stereocenters. The summed E-state index contributed by atoms with van der Waals surface area (Å²) in [5, 5.41) is 4.58. The molecule has 1 amide bonds. The largest absolute Gasteiger partial charge is 0.494 e. The van der Waals surface area contributed by atoms with Crippen LogP contribution in [0.25, 0.3) is 0 Å². The molecule has 0 aliphatic heterocycles. The Morgan fingerprint density at radius 1 is 1.08 bits per heavy atom. The molecular weight excluding hydrogens is 352 g/mol. The van der Waals surface area contributed by atoms with Crippen molar-refractivity contribution in [1.29, 1.82) is 0 Å². The molecule has 1 N–H and O–H groups in total. The van der Waals surface area contributed by atoms with Gasteiger partial charge in [0.2, 0.25) is 0 Å². The van der Waals surface area contributed by atoms with Crippen molar-refractivity contribution in [1.82, 2.24) is 5.43 Å². The molecule has 0 saturated carbocycles. The summed E-state index contributed by atoms with van der Waals surface area (Å²) in [5.41, 5.74) is 3.71. The van der Waals surface area contributed by atoms with Gasteiger partial charge in [0.05, 0.1) is 19.4 Å². The van der Waals surface area contributed by atoms with E-state index >= 15 is 0 Å². The normalized spacial score (nSPS) is 10.7. The topological polar surface area (TPSA) is 59.9 Å². The zero-order valence-corrected chi connectivity index (χ0v) is 15.8. The maximum atomic E-state index is 12.2. The van der Waals surface area contributed by atoms with Crippen molar-refractivity contribution in [2.24, 2.45) is 5.10 Å². The van der Waals surface area contributed by atoms with Crippen LogP contribution in [0.4, 0.5) is 0 Å². The first-order chi connectivity index (χ1) is 12.6. The number of amides is 1. The van der Waals surface area contributed by atoms with Gasteiger partial charge in [-0.15, -0.1) is 0 Å². The molecule has 0 aliphatic carbocycles. The molecular formula is C20H23ClN2O3. The van der Waals surface area contributed by atoms with Gasteiger partial charge < -0.3 is 9.47 Å². The minimum atomic E-state index is -0.304. The lowest BCUT2D eigenvalue weighted by atomic mass is 10.2. The quantitative estimate of drug-likeness (QED) is 0.512. The van der Waals surface area contributed by atoms with E-state index in [1.165, 1.54) is 6.21 Å². The number of carbonyl (C=O) groups excluding carboxylic acids is 1. The maximum Gasteiger partial charge on any atom is 0.271 e. The summed E-state index contributed by atoms with van der Waals surface area (Å²) in [5.74, 6) is 1.11. The number of benzene rings is 2. The van der Waals surface area contributed by atoms with Crippen molar-refractivity contribution >= 4 is 23.7 Å². The predicted molar refractivity (Wildman–Crippen MR) is 105 cm³/mol. The second-order valence-corrected chi connectivity index (χ2v) is 6.04. The fraction of sp³-hybridized carbons (Fsp3) is 0.300. The number of nitrogens with one attached hydrogen (secondary N) is 1. The molecule has 138 valence electrons. The van der Waals surface area contributed by atoms with Gasteiger partial charge in [0.25, 0.3) is 5.91 Å². The van der Waals surface area contributed by atoms with Crippen LogP contribution in [0.1, 0.15) is 42.6 Å². The minimum absolute atomic E-state index is 0.304. The Kier molecular flexibility index (Phi) is 7.96. The van der Waals surface area contributed by atoms with Gasteiger partial charge in [0, 0.05) is 16.1 Å². The van der Waals surface area contributed by atoms with Gasteiger partial charge in [0.1, 0.15) is 11.5 Å². The lowest BCUT2D eigenvalue weighted by molar-refractivity contribution is 0.0955. The lowest BCUT2D eigenvalue weighted by Crippen LogP contribution is -2.17. The van der Waals surface area contributed by atoms with Gasteiger partial charge in [0.15, 0.2) is 0 Å². The zero-order chi connectivity index (χ0) is 18.8. The standard InChI is InChI=1S/C20H23ClN2O3/c1-3-11-25-18-8-5-15(6-9-18)20(24)23-22-14-16-13-17(21)7-10-19(16)26-12-4-2/h5-10,13-14H,3-4,11-12H2,1-2H3,(H,23,24)/b22-14-. The summed E-state index contributed by atoms with van der Waals surface area (Å²) < 4.78 is 11.2. The average Bonchev–Trinajstić information content (AvgIpc) is 2.66. The van der Waals surface area contributed by atoms with Crippen LogP contribution in [0.15, 0.2) is 47.6 Å². The third kappa shape index (κ3) is 6.08. The monoisotopic (exact) mass is 374 g/mol. The molecule has 0 aromatic heterocycles. The average molecular weight is 375 g/mol. The van der Waals surface area contributed by atoms with Gasteiger partial charge in [-0.05, 0) is 55.3 Å². The van der Waals surface area contributed by atoms with E-state index in [-0.39, 0.29) is 5.91 Å². The summed E-state index contributed by atoms with van der Waals surface area (Å²) in [6.45, 7) is 5.32. The van der Waals surface area contributed by atoms with E-state index in [2.05, 4.69) is 10.5 Å². The van der Waals surface area contributed by atoms with Crippen LogP contribution in [-0.4, -0.2) is 25.3 Å². The molecule has 0 spiro atoms. The molecule has 2 rings (SSSR count). The number of rotatable bonds is 9. The van der Waals surface area contributed by atoms with E-state index in [1.54, 1.807) is 42.5 Å². The summed E-state index contributed by atoms with van der Waals surface area (Å²) in [7, 11) is 0. The fourth-order valence-corrected chi connectivity index (χ4v) is 2.29. The third-order valence-electron chi connectivity index (χ3n) is 3.39. The fourth-order valence-electron chi connectivity index (χ4n) is 2.11. The van der Waals surface area contributed by atoms with E-state index < -0.39 is 0 Å². The van der Waals surface area contributed by atoms with Gasteiger partial charge >= 0.3 is 0 Å². The Morgan fingerprint density at radius 2 is 1.77 bits per heavy atom. The van der Waals surface area contributed by atoms with Crippen molar-refractivity contribution < 1.29 is 14.3 Å². The molecule has 2 aromatic rings. The highest BCUT2D eigenvalue weighted by Crippen LogP contribution is 2.21. The van der Waals surface area contributed by atoms with E-state index in [0.717, 1.165) is 18.6 Å². The molecule has 26 heavy (non-hydrogen) atoms. The summed E-state index contributed by atoms with van der Waals surface area (Å²) in [6.07, 6.45) is 3.35. The Balaban J connectivity index is 1.99. The number of halogens is 1. The number of nitrogens with zero attached hydrogens (tertiary/aromatic N) is 1. The summed E-state index contributed by atoms with van der Waals surface area (Å²) in [4.78, 5) is 12.2.